The standard InChI is InChI=1S/C21H32F2N4O12P2S2/c1-21(23)17(27(2)3)10(36-18(21)8-6-43-16-11(8)25-7-26-19(16)24)5-35-41(34,42)39-40(32,33)38-20-14(31)12(29)13(30)15(37-20)9(22)4-28/h6-7,9-10,12-15,17-18,20,28-31H,4-5H2,1-3H3,(H,32,33)(H,34,42)(H2,24,25,26)/t9-,10+,12?,13?,14?,15?,17+,18-,20?,21+,41?/m0/s1. The molecule has 16 nitrogen and oxygen atoms in total. The number of ether oxygens (including phenoxy) is 2. The molecule has 2 aromatic rings. The van der Waals surface area contributed by atoms with Crippen LogP contribution in [0.15, 0.2) is 11.7 Å². The lowest BCUT2D eigenvalue weighted by Gasteiger charge is -2.41. The van der Waals surface area contributed by atoms with E-state index in [1.54, 1.807) is 19.5 Å². The highest BCUT2D eigenvalue weighted by molar-refractivity contribution is 8.08. The van der Waals surface area contributed by atoms with Gasteiger partial charge in [0.15, 0.2) is 18.1 Å². The van der Waals surface area contributed by atoms with Gasteiger partial charge in [-0.05, 0) is 38.2 Å². The van der Waals surface area contributed by atoms with Crippen molar-refractivity contribution >= 4 is 53.7 Å². The topological polar surface area (TPSA) is 240 Å². The Balaban J connectivity index is 1.46. The van der Waals surface area contributed by atoms with Gasteiger partial charge in [0.2, 0.25) is 0 Å². The average molecular weight is 697 g/mol. The molecule has 7 unspecified atom stereocenters. The number of fused-ring (bicyclic) bond motifs is 1. The van der Waals surface area contributed by atoms with Crippen molar-refractivity contribution in [2.75, 3.05) is 33.0 Å². The number of thiophene rings is 1. The third-order valence-electron chi connectivity index (χ3n) is 6.98. The van der Waals surface area contributed by atoms with Crippen LogP contribution in [0.4, 0.5) is 14.6 Å². The summed E-state index contributed by atoms with van der Waals surface area (Å²) in [5.41, 5.74) is 4.65. The number of aliphatic hydroxyl groups excluding tert-OH is 4. The molecule has 0 saturated carbocycles. The van der Waals surface area contributed by atoms with Crippen molar-refractivity contribution in [1.29, 1.82) is 0 Å². The maximum absolute atomic E-state index is 16.4. The summed E-state index contributed by atoms with van der Waals surface area (Å²) in [7, 11) is -2.31. The average Bonchev–Trinajstić information content (AvgIpc) is 3.44. The van der Waals surface area contributed by atoms with E-state index < -0.39 is 88.6 Å². The number of alkyl halides is 2. The van der Waals surface area contributed by atoms with Crippen LogP contribution in [0.25, 0.3) is 10.2 Å². The molecule has 12 atom stereocenters. The quantitative estimate of drug-likeness (QED) is 0.152. The zero-order valence-electron chi connectivity index (χ0n) is 22.8. The van der Waals surface area contributed by atoms with Crippen LogP contribution in [0.3, 0.4) is 0 Å². The van der Waals surface area contributed by atoms with E-state index in [0.29, 0.717) is 15.8 Å². The Hall–Kier alpha value is -0.900. The molecule has 2 aliphatic heterocycles. The second-order valence-electron chi connectivity index (χ2n) is 10.3. The van der Waals surface area contributed by atoms with Gasteiger partial charge in [-0.2, -0.15) is 0 Å². The number of aliphatic hydroxyl groups is 4. The van der Waals surface area contributed by atoms with E-state index in [-0.39, 0.29) is 5.82 Å². The molecule has 0 radical (unpaired) electrons. The molecule has 2 aromatic heterocycles. The fourth-order valence-corrected chi connectivity index (χ4v) is 9.19. The van der Waals surface area contributed by atoms with Crippen molar-refractivity contribution in [3.05, 3.63) is 17.3 Å². The molecule has 22 heteroatoms. The summed E-state index contributed by atoms with van der Waals surface area (Å²) in [4.78, 5) is 30.4. The fourth-order valence-electron chi connectivity index (χ4n) is 5.16. The number of rotatable bonds is 11. The smallest absolute Gasteiger partial charge is 0.393 e. The second-order valence-corrected chi connectivity index (χ2v) is 15.6. The van der Waals surface area contributed by atoms with E-state index in [0.717, 1.165) is 0 Å². The van der Waals surface area contributed by atoms with Crippen LogP contribution in [0.2, 0.25) is 0 Å². The highest BCUT2D eigenvalue weighted by Crippen LogP contribution is 2.62. The van der Waals surface area contributed by atoms with E-state index in [1.165, 1.54) is 29.5 Å². The third kappa shape index (κ3) is 7.25. The van der Waals surface area contributed by atoms with E-state index >= 15 is 4.39 Å². The van der Waals surface area contributed by atoms with E-state index in [2.05, 4.69) is 18.8 Å². The van der Waals surface area contributed by atoms with E-state index in [9.17, 15) is 34.1 Å². The molecule has 2 fully saturated rings. The van der Waals surface area contributed by atoms with Gasteiger partial charge in [0.05, 0.1) is 29.5 Å². The molecular weight excluding hydrogens is 664 g/mol. The SMILES string of the molecule is CN(C)[C@@H]1[C@@H](COP(O)(=S)OP(=O)(O)OC2OC([C@@H](F)CO)C(O)C(O)C2O)O[C@@H](c2csc3c(N)ncnc23)[C@]1(C)F. The summed E-state index contributed by atoms with van der Waals surface area (Å²) < 4.78 is 69.0. The first-order chi connectivity index (χ1) is 19.9. The summed E-state index contributed by atoms with van der Waals surface area (Å²) in [6.07, 6.45) is -13.9. The van der Waals surface area contributed by atoms with Crippen LogP contribution in [0, 0.1) is 0 Å². The van der Waals surface area contributed by atoms with Crippen molar-refractivity contribution < 1.29 is 66.4 Å². The van der Waals surface area contributed by atoms with Crippen LogP contribution in [0.5, 0.6) is 0 Å². The zero-order valence-corrected chi connectivity index (χ0v) is 26.2. The fraction of sp³-hybridized carbons (Fsp3) is 0.714. The van der Waals surface area contributed by atoms with Gasteiger partial charge in [0.25, 0.3) is 0 Å². The van der Waals surface area contributed by atoms with Crippen LogP contribution in [-0.2, 0) is 39.2 Å². The highest BCUT2D eigenvalue weighted by atomic mass is 32.5. The number of nitrogen functional groups attached to an aromatic ring is 1. The summed E-state index contributed by atoms with van der Waals surface area (Å²) in [6.45, 7) is -5.14. The van der Waals surface area contributed by atoms with Crippen LogP contribution < -0.4 is 5.73 Å². The second kappa shape index (κ2) is 13.1. The first-order valence-corrected chi connectivity index (χ1v) is 17.5. The number of phosphoric acid groups is 1. The van der Waals surface area contributed by atoms with Crippen molar-refractivity contribution in [2.24, 2.45) is 0 Å². The Morgan fingerprint density at radius 2 is 1.91 bits per heavy atom. The number of nitrogens with zero attached hydrogens (tertiary/aromatic N) is 3. The Morgan fingerprint density at radius 3 is 2.53 bits per heavy atom. The molecule has 4 heterocycles. The number of anilines is 1. The molecule has 2 aliphatic rings. The van der Waals surface area contributed by atoms with Crippen molar-refractivity contribution in [2.45, 2.75) is 67.7 Å². The van der Waals surface area contributed by atoms with Gasteiger partial charge < -0.3 is 54.8 Å². The van der Waals surface area contributed by atoms with Gasteiger partial charge in [-0.25, -0.2) is 27.6 Å². The Labute approximate surface area is 252 Å². The van der Waals surface area contributed by atoms with Crippen LogP contribution in [-0.4, -0.2) is 127 Å². The lowest BCUT2D eigenvalue weighted by atomic mass is 9.88. The lowest BCUT2D eigenvalue weighted by molar-refractivity contribution is -0.287. The van der Waals surface area contributed by atoms with Gasteiger partial charge in [0.1, 0.15) is 48.8 Å². The zero-order chi connectivity index (χ0) is 32.1. The first-order valence-electron chi connectivity index (χ1n) is 12.5. The number of nitrogens with two attached hydrogens (primary N) is 1. The number of halogens is 2. The molecular formula is C21H32F2N4O12P2S2. The first kappa shape index (κ1) is 35.0. The van der Waals surface area contributed by atoms with Gasteiger partial charge in [-0.1, -0.05) is 0 Å². The van der Waals surface area contributed by atoms with Crippen LogP contribution >= 0.6 is 25.9 Å². The minimum atomic E-state index is -5.48. The third-order valence-corrected chi connectivity index (χ3v) is 11.5. The van der Waals surface area contributed by atoms with E-state index in [4.69, 9.17) is 36.6 Å². The molecule has 0 aliphatic carbocycles. The van der Waals surface area contributed by atoms with Crippen molar-refractivity contribution in [3.8, 4) is 0 Å². The molecule has 4 rings (SSSR count). The Bertz CT molecular complexity index is 1390. The number of hydrogen-bond donors (Lipinski definition) is 7. The molecule has 0 amide bonds. The van der Waals surface area contributed by atoms with Crippen molar-refractivity contribution in [3.63, 3.8) is 0 Å². The summed E-state index contributed by atoms with van der Waals surface area (Å²) in [6, 6.07) is -0.991. The number of hydrogen-bond acceptors (Lipinski definition) is 16. The van der Waals surface area contributed by atoms with E-state index in [1.807, 2.05) is 0 Å². The molecule has 0 bridgehead atoms. The largest absolute Gasteiger partial charge is 0.481 e. The number of aromatic nitrogens is 2. The monoisotopic (exact) mass is 696 g/mol. The van der Waals surface area contributed by atoms with Gasteiger partial charge in [-0.3, -0.25) is 4.52 Å². The molecule has 43 heavy (non-hydrogen) atoms. The van der Waals surface area contributed by atoms with Crippen molar-refractivity contribution in [1.82, 2.24) is 14.9 Å². The molecule has 0 aromatic carbocycles. The summed E-state index contributed by atoms with van der Waals surface area (Å²) in [5.74, 6) is 0.211. The Morgan fingerprint density at radius 1 is 1.23 bits per heavy atom. The minimum Gasteiger partial charge on any atom is -0.393 e. The maximum Gasteiger partial charge on any atom is 0.481 e. The minimum absolute atomic E-state index is 0.211. The highest BCUT2D eigenvalue weighted by Gasteiger charge is 2.57. The molecule has 244 valence electrons. The predicted molar refractivity (Wildman–Crippen MR) is 150 cm³/mol. The molecule has 0 spiro atoms. The van der Waals surface area contributed by atoms with Gasteiger partial charge in [-0.15, -0.1) is 11.3 Å². The maximum atomic E-state index is 16.4. The van der Waals surface area contributed by atoms with Crippen LogP contribution in [0.1, 0.15) is 18.6 Å². The number of phosphoric ester groups is 1. The Kier molecular flexibility index (Phi) is 10.6. The molecule has 8 N–H and O–H groups in total. The summed E-state index contributed by atoms with van der Waals surface area (Å²) >= 11 is 6.03. The predicted octanol–water partition coefficient (Wildman–Crippen LogP) is -0.123. The normalized spacial score (nSPS) is 36.9. The number of likely N-dealkylation sites (N-methyl/N-ethyl adjacent to an activating group) is 1. The van der Waals surface area contributed by atoms with Gasteiger partial charge in [0, 0.05) is 5.56 Å². The molecule has 2 saturated heterocycles. The van der Waals surface area contributed by atoms with Gasteiger partial charge >= 0.3 is 14.5 Å². The lowest BCUT2D eigenvalue weighted by Crippen LogP contribution is -2.60. The summed E-state index contributed by atoms with van der Waals surface area (Å²) in [5, 5.41) is 40.6.